The van der Waals surface area contributed by atoms with E-state index in [-0.39, 0.29) is 0 Å². The average molecular weight is 290 g/mol. The van der Waals surface area contributed by atoms with E-state index in [0.29, 0.717) is 12.2 Å². The summed E-state index contributed by atoms with van der Waals surface area (Å²) in [4.78, 5) is 1.82. The molecule has 2 nitrogen and oxygen atoms in total. The summed E-state index contributed by atoms with van der Waals surface area (Å²) in [5, 5.41) is 0. The molecule has 2 aliphatic carbocycles. The van der Waals surface area contributed by atoms with Crippen molar-refractivity contribution in [3.8, 4) is 0 Å². The van der Waals surface area contributed by atoms with Gasteiger partial charge in [0.1, 0.15) is 12.6 Å². The number of fused-ring (bicyclic) bond motifs is 3. The van der Waals surface area contributed by atoms with Crippen LogP contribution in [0.15, 0.2) is 11.6 Å². The van der Waals surface area contributed by atoms with Crippen LogP contribution in [0.2, 0.25) is 0 Å². The lowest BCUT2D eigenvalue weighted by molar-refractivity contribution is -0.908. The molecule has 0 aromatic carbocycles. The molecule has 0 amide bonds. The van der Waals surface area contributed by atoms with Crippen molar-refractivity contribution in [2.45, 2.75) is 76.4 Å². The zero-order valence-electron chi connectivity index (χ0n) is 13.5. The van der Waals surface area contributed by atoms with E-state index >= 15 is 0 Å². The maximum absolute atomic E-state index is 6.70. The van der Waals surface area contributed by atoms with Crippen LogP contribution in [0.5, 0.6) is 0 Å². The van der Waals surface area contributed by atoms with Crippen LogP contribution >= 0.6 is 0 Å². The Bertz CT molecular complexity index is 383. The lowest BCUT2D eigenvalue weighted by Gasteiger charge is -2.47. The number of ether oxygens (including phenoxy) is 1. The Morgan fingerprint density at radius 2 is 1.71 bits per heavy atom. The molecule has 0 bridgehead atoms. The van der Waals surface area contributed by atoms with E-state index in [1.54, 1.807) is 0 Å². The van der Waals surface area contributed by atoms with Gasteiger partial charge in [-0.25, -0.2) is 0 Å². The highest BCUT2D eigenvalue weighted by atomic mass is 16.5. The van der Waals surface area contributed by atoms with Gasteiger partial charge in [0.2, 0.25) is 0 Å². The van der Waals surface area contributed by atoms with Crippen LogP contribution in [-0.2, 0) is 4.74 Å². The van der Waals surface area contributed by atoms with E-state index < -0.39 is 0 Å². The third-order valence-electron chi connectivity index (χ3n) is 6.51. The van der Waals surface area contributed by atoms with Gasteiger partial charge in [0, 0.05) is 11.8 Å². The summed E-state index contributed by atoms with van der Waals surface area (Å²) in [6.45, 7) is 4.06. The maximum atomic E-state index is 6.70. The van der Waals surface area contributed by atoms with Gasteiger partial charge in [-0.3, -0.25) is 0 Å². The molecule has 118 valence electrons. The molecule has 4 rings (SSSR count). The minimum absolute atomic E-state index is 0.531. The molecule has 21 heavy (non-hydrogen) atoms. The van der Waals surface area contributed by atoms with Crippen molar-refractivity contribution >= 4 is 0 Å². The third-order valence-corrected chi connectivity index (χ3v) is 6.51. The lowest BCUT2D eigenvalue weighted by atomic mass is 9.69. The first-order valence-electron chi connectivity index (χ1n) is 9.61. The molecule has 1 saturated carbocycles. The van der Waals surface area contributed by atoms with Crippen molar-refractivity contribution in [3.05, 3.63) is 11.6 Å². The summed E-state index contributed by atoms with van der Waals surface area (Å²) in [7, 11) is 0. The van der Waals surface area contributed by atoms with E-state index in [9.17, 15) is 0 Å². The number of nitrogens with one attached hydrogen (secondary N) is 1. The predicted octanol–water partition coefficient (Wildman–Crippen LogP) is 2.74. The fourth-order valence-electron chi connectivity index (χ4n) is 5.44. The molecule has 2 aliphatic heterocycles. The number of piperidine rings is 1. The normalized spacial score (nSPS) is 41.0. The molecule has 4 aliphatic rings. The molecule has 0 radical (unpaired) electrons. The summed E-state index contributed by atoms with van der Waals surface area (Å²) in [6, 6.07) is 0. The van der Waals surface area contributed by atoms with Gasteiger partial charge in [-0.1, -0.05) is 24.5 Å². The maximum Gasteiger partial charge on any atom is 0.113 e. The van der Waals surface area contributed by atoms with Crippen LogP contribution in [-0.4, -0.2) is 31.8 Å². The summed E-state index contributed by atoms with van der Waals surface area (Å²) >= 11 is 0. The zero-order valence-corrected chi connectivity index (χ0v) is 13.5. The lowest BCUT2D eigenvalue weighted by Crippen LogP contribution is -3.14. The van der Waals surface area contributed by atoms with Crippen LogP contribution < -0.4 is 4.90 Å². The molecule has 0 aromatic heterocycles. The summed E-state index contributed by atoms with van der Waals surface area (Å²) in [6.07, 6.45) is 17.7. The molecule has 0 unspecified atom stereocenters. The number of rotatable bonds is 2. The van der Waals surface area contributed by atoms with E-state index in [4.69, 9.17) is 4.74 Å². The average Bonchev–Trinajstić information content (AvgIpc) is 2.56. The molecule has 4 atom stereocenters. The first kappa shape index (κ1) is 14.3. The Balaban J connectivity index is 1.50. The number of likely N-dealkylation sites (tertiary alicyclic amines) is 1. The first-order valence-corrected chi connectivity index (χ1v) is 9.61. The largest absolute Gasteiger partial charge is 0.368 e. The molecule has 3 fully saturated rings. The highest BCUT2D eigenvalue weighted by Gasteiger charge is 2.44. The van der Waals surface area contributed by atoms with Gasteiger partial charge >= 0.3 is 0 Å². The van der Waals surface area contributed by atoms with Crippen LogP contribution in [0.1, 0.15) is 64.2 Å². The minimum atomic E-state index is 0.531. The van der Waals surface area contributed by atoms with Crippen molar-refractivity contribution in [1.82, 2.24) is 0 Å². The Morgan fingerprint density at radius 3 is 2.62 bits per heavy atom. The SMILES string of the molecule is C1=C2[C@@H]3CCCC[C@@H]3O[C@H](C[NH+]3CCCCC3)[C@H]2CCC1. The highest BCUT2D eigenvalue weighted by Crippen LogP contribution is 2.45. The fourth-order valence-corrected chi connectivity index (χ4v) is 5.44. The van der Waals surface area contributed by atoms with Gasteiger partial charge in [0.25, 0.3) is 0 Å². The molecule has 2 heterocycles. The number of hydrogen-bond acceptors (Lipinski definition) is 1. The number of allylic oxidation sites excluding steroid dienone is 1. The standard InChI is InChI=1S/C19H31NO/c1-6-12-20(13-7-1)14-19-17-10-3-2-8-15(17)16-9-4-5-11-18(16)21-19/h8,16-19H,1-7,9-14H2/p+1/t16-,17-,18-,19+/m0/s1. The summed E-state index contributed by atoms with van der Waals surface area (Å²) in [5.74, 6) is 1.56. The molecular weight excluding hydrogens is 258 g/mol. The van der Waals surface area contributed by atoms with Gasteiger partial charge < -0.3 is 9.64 Å². The van der Waals surface area contributed by atoms with Gasteiger partial charge in [0.05, 0.1) is 19.2 Å². The Kier molecular flexibility index (Phi) is 4.36. The Morgan fingerprint density at radius 1 is 0.905 bits per heavy atom. The summed E-state index contributed by atoms with van der Waals surface area (Å²) < 4.78 is 6.70. The molecule has 2 heteroatoms. The minimum Gasteiger partial charge on any atom is -0.368 e. The highest BCUT2D eigenvalue weighted by molar-refractivity contribution is 5.20. The quantitative estimate of drug-likeness (QED) is 0.772. The van der Waals surface area contributed by atoms with Crippen LogP contribution in [0.25, 0.3) is 0 Å². The van der Waals surface area contributed by atoms with Crippen LogP contribution in [0.3, 0.4) is 0 Å². The molecule has 2 saturated heterocycles. The van der Waals surface area contributed by atoms with Crippen molar-refractivity contribution in [2.24, 2.45) is 11.8 Å². The Hall–Kier alpha value is -0.340. The van der Waals surface area contributed by atoms with E-state index in [0.717, 1.165) is 11.8 Å². The monoisotopic (exact) mass is 290 g/mol. The fraction of sp³-hybridized carbons (Fsp3) is 0.895. The number of hydrogen-bond donors (Lipinski definition) is 1. The van der Waals surface area contributed by atoms with Crippen molar-refractivity contribution in [3.63, 3.8) is 0 Å². The second kappa shape index (κ2) is 6.42. The van der Waals surface area contributed by atoms with Crippen LogP contribution in [0.4, 0.5) is 0 Å². The van der Waals surface area contributed by atoms with Crippen molar-refractivity contribution in [2.75, 3.05) is 19.6 Å². The molecule has 1 N–H and O–H groups in total. The Labute approximate surface area is 129 Å². The third kappa shape index (κ3) is 2.94. The summed E-state index contributed by atoms with van der Waals surface area (Å²) in [5.41, 5.74) is 1.83. The van der Waals surface area contributed by atoms with Crippen molar-refractivity contribution in [1.29, 1.82) is 0 Å². The van der Waals surface area contributed by atoms with Crippen molar-refractivity contribution < 1.29 is 9.64 Å². The number of quaternary nitrogens is 1. The van der Waals surface area contributed by atoms with Gasteiger partial charge in [-0.15, -0.1) is 0 Å². The topological polar surface area (TPSA) is 13.7 Å². The zero-order chi connectivity index (χ0) is 14.1. The smallest absolute Gasteiger partial charge is 0.113 e. The van der Waals surface area contributed by atoms with E-state index in [2.05, 4.69) is 6.08 Å². The van der Waals surface area contributed by atoms with E-state index in [1.807, 2.05) is 10.5 Å². The van der Waals surface area contributed by atoms with Gasteiger partial charge in [-0.05, 0) is 51.4 Å². The van der Waals surface area contributed by atoms with Gasteiger partial charge in [0.15, 0.2) is 0 Å². The molecule has 0 spiro atoms. The van der Waals surface area contributed by atoms with E-state index in [1.165, 1.54) is 83.8 Å². The molecular formula is C19H32NO+. The second-order valence-corrected chi connectivity index (χ2v) is 7.86. The van der Waals surface area contributed by atoms with Gasteiger partial charge in [-0.2, -0.15) is 0 Å². The molecule has 0 aromatic rings. The first-order chi connectivity index (χ1) is 10.4. The predicted molar refractivity (Wildman–Crippen MR) is 85.5 cm³/mol. The second-order valence-electron chi connectivity index (χ2n) is 7.86. The van der Waals surface area contributed by atoms with Crippen LogP contribution in [0, 0.1) is 11.8 Å².